The second kappa shape index (κ2) is 7.64. The molecule has 20 heavy (non-hydrogen) atoms. The Bertz CT molecular complexity index is 400. The predicted octanol–water partition coefficient (Wildman–Crippen LogP) is 3.17. The molecule has 0 amide bonds. The molecule has 114 valence electrons. The van der Waals surface area contributed by atoms with Gasteiger partial charge in [-0.25, -0.2) is 13.2 Å². The SMILES string of the molecule is CC(C)CC(CN(C)C)NCc1cc(F)c(F)c(F)c1. The van der Waals surface area contributed by atoms with Crippen molar-refractivity contribution in [3.63, 3.8) is 0 Å². The van der Waals surface area contributed by atoms with Crippen LogP contribution in [0.15, 0.2) is 12.1 Å². The molecule has 2 nitrogen and oxygen atoms in total. The molecular weight excluding hydrogens is 265 g/mol. The molecule has 0 saturated carbocycles. The minimum atomic E-state index is -1.42. The van der Waals surface area contributed by atoms with Crippen molar-refractivity contribution in [2.75, 3.05) is 20.6 Å². The first-order valence-electron chi connectivity index (χ1n) is 6.81. The number of nitrogens with one attached hydrogen (secondary N) is 1. The molecule has 0 fully saturated rings. The zero-order valence-electron chi connectivity index (χ0n) is 12.5. The molecule has 0 aliphatic heterocycles. The van der Waals surface area contributed by atoms with E-state index in [0.29, 0.717) is 18.0 Å². The van der Waals surface area contributed by atoms with Crippen molar-refractivity contribution >= 4 is 0 Å². The van der Waals surface area contributed by atoms with Gasteiger partial charge in [-0.05, 0) is 44.1 Å². The fourth-order valence-electron chi connectivity index (χ4n) is 2.20. The highest BCUT2D eigenvalue weighted by Crippen LogP contribution is 2.14. The van der Waals surface area contributed by atoms with Gasteiger partial charge in [0.1, 0.15) is 0 Å². The normalized spacial score (nSPS) is 13.2. The minimum absolute atomic E-state index is 0.223. The van der Waals surface area contributed by atoms with E-state index in [1.807, 2.05) is 14.1 Å². The van der Waals surface area contributed by atoms with E-state index in [-0.39, 0.29) is 6.04 Å². The fraction of sp³-hybridized carbons (Fsp3) is 0.600. The summed E-state index contributed by atoms with van der Waals surface area (Å²) in [5.74, 6) is -3.18. The van der Waals surface area contributed by atoms with E-state index < -0.39 is 17.5 Å². The summed E-state index contributed by atoms with van der Waals surface area (Å²) in [6.07, 6.45) is 0.963. The molecule has 0 saturated heterocycles. The van der Waals surface area contributed by atoms with Gasteiger partial charge < -0.3 is 10.2 Å². The van der Waals surface area contributed by atoms with E-state index in [2.05, 4.69) is 24.1 Å². The Balaban J connectivity index is 2.66. The van der Waals surface area contributed by atoms with Gasteiger partial charge in [0.15, 0.2) is 17.5 Å². The van der Waals surface area contributed by atoms with Crippen LogP contribution in [0, 0.1) is 23.4 Å². The molecule has 1 rings (SSSR count). The monoisotopic (exact) mass is 288 g/mol. The van der Waals surface area contributed by atoms with Crippen LogP contribution in [-0.4, -0.2) is 31.6 Å². The highest BCUT2D eigenvalue weighted by molar-refractivity contribution is 5.19. The molecule has 0 aliphatic carbocycles. The van der Waals surface area contributed by atoms with Crippen LogP contribution < -0.4 is 5.32 Å². The number of halogens is 3. The third-order valence-corrected chi connectivity index (χ3v) is 2.98. The van der Waals surface area contributed by atoms with Crippen LogP contribution in [-0.2, 0) is 6.54 Å². The first-order chi connectivity index (χ1) is 9.29. The van der Waals surface area contributed by atoms with Gasteiger partial charge in [-0.3, -0.25) is 0 Å². The van der Waals surface area contributed by atoms with Crippen LogP contribution in [0.5, 0.6) is 0 Å². The highest BCUT2D eigenvalue weighted by Gasteiger charge is 2.14. The zero-order chi connectivity index (χ0) is 15.3. The molecule has 1 aromatic carbocycles. The van der Waals surface area contributed by atoms with Crippen LogP contribution >= 0.6 is 0 Å². The Kier molecular flexibility index (Phi) is 6.49. The third kappa shape index (κ3) is 5.51. The molecule has 5 heteroatoms. The van der Waals surface area contributed by atoms with E-state index in [1.54, 1.807) is 0 Å². The third-order valence-electron chi connectivity index (χ3n) is 2.98. The van der Waals surface area contributed by atoms with Crippen molar-refractivity contribution in [2.24, 2.45) is 5.92 Å². The first kappa shape index (κ1) is 17.0. The number of rotatable bonds is 7. The summed E-state index contributed by atoms with van der Waals surface area (Å²) in [4.78, 5) is 2.06. The molecule has 1 atom stereocenters. The number of nitrogens with zero attached hydrogens (tertiary/aromatic N) is 1. The van der Waals surface area contributed by atoms with Crippen molar-refractivity contribution in [3.05, 3.63) is 35.1 Å². The average Bonchev–Trinajstić information content (AvgIpc) is 2.31. The molecule has 0 bridgehead atoms. The molecule has 0 radical (unpaired) electrons. The Hall–Kier alpha value is -1.07. The maximum atomic E-state index is 13.1. The summed E-state index contributed by atoms with van der Waals surface area (Å²) in [5, 5.41) is 3.28. The Labute approximate surface area is 119 Å². The molecule has 1 aromatic rings. The summed E-state index contributed by atoms with van der Waals surface area (Å²) in [5.41, 5.74) is 0.411. The van der Waals surface area contributed by atoms with Crippen molar-refractivity contribution in [1.82, 2.24) is 10.2 Å². The van der Waals surface area contributed by atoms with Gasteiger partial charge in [0, 0.05) is 19.1 Å². The predicted molar refractivity (Wildman–Crippen MR) is 75.0 cm³/mol. The van der Waals surface area contributed by atoms with E-state index in [1.165, 1.54) is 0 Å². The molecule has 0 heterocycles. The van der Waals surface area contributed by atoms with E-state index in [0.717, 1.165) is 25.1 Å². The lowest BCUT2D eigenvalue weighted by Crippen LogP contribution is -2.38. The molecule has 0 aromatic heterocycles. The van der Waals surface area contributed by atoms with Gasteiger partial charge in [-0.15, -0.1) is 0 Å². The van der Waals surface area contributed by atoms with Crippen molar-refractivity contribution < 1.29 is 13.2 Å². The molecule has 0 aliphatic rings. The van der Waals surface area contributed by atoms with Gasteiger partial charge in [0.25, 0.3) is 0 Å². The molecule has 0 spiro atoms. The molecular formula is C15H23F3N2. The number of hydrogen-bond acceptors (Lipinski definition) is 2. The second-order valence-corrected chi connectivity index (χ2v) is 5.84. The number of benzene rings is 1. The number of hydrogen-bond donors (Lipinski definition) is 1. The smallest absolute Gasteiger partial charge is 0.194 e. The maximum absolute atomic E-state index is 13.1. The first-order valence-corrected chi connectivity index (χ1v) is 6.81. The topological polar surface area (TPSA) is 15.3 Å². The molecule has 1 unspecified atom stereocenters. The van der Waals surface area contributed by atoms with Crippen LogP contribution in [0.3, 0.4) is 0 Å². The molecule has 1 N–H and O–H groups in total. The van der Waals surface area contributed by atoms with Crippen molar-refractivity contribution in [3.8, 4) is 0 Å². The van der Waals surface area contributed by atoms with Gasteiger partial charge in [0.2, 0.25) is 0 Å². The minimum Gasteiger partial charge on any atom is -0.309 e. The van der Waals surface area contributed by atoms with Gasteiger partial charge in [-0.1, -0.05) is 13.8 Å². The van der Waals surface area contributed by atoms with Gasteiger partial charge >= 0.3 is 0 Å². The summed E-state index contributed by atoms with van der Waals surface area (Å²) in [6, 6.07) is 2.29. The summed E-state index contributed by atoms with van der Waals surface area (Å²) < 4.78 is 39.1. The summed E-state index contributed by atoms with van der Waals surface area (Å²) >= 11 is 0. The van der Waals surface area contributed by atoms with Crippen molar-refractivity contribution in [1.29, 1.82) is 0 Å². The quantitative estimate of drug-likeness (QED) is 0.775. The lowest BCUT2D eigenvalue weighted by molar-refractivity contribution is 0.304. The van der Waals surface area contributed by atoms with Crippen LogP contribution in [0.1, 0.15) is 25.8 Å². The lowest BCUT2D eigenvalue weighted by atomic mass is 10.0. The largest absolute Gasteiger partial charge is 0.309 e. The zero-order valence-corrected chi connectivity index (χ0v) is 12.5. The van der Waals surface area contributed by atoms with Crippen LogP contribution in [0.4, 0.5) is 13.2 Å². The summed E-state index contributed by atoms with van der Waals surface area (Å²) in [6.45, 7) is 5.41. The van der Waals surface area contributed by atoms with E-state index in [9.17, 15) is 13.2 Å². The van der Waals surface area contributed by atoms with E-state index >= 15 is 0 Å². The van der Waals surface area contributed by atoms with Crippen LogP contribution in [0.2, 0.25) is 0 Å². The van der Waals surface area contributed by atoms with Gasteiger partial charge in [0.05, 0.1) is 0 Å². The average molecular weight is 288 g/mol. The standard InChI is InChI=1S/C15H23F3N2/c1-10(2)5-12(9-20(3)4)19-8-11-6-13(16)15(18)14(17)7-11/h6-7,10,12,19H,5,8-9H2,1-4H3. The lowest BCUT2D eigenvalue weighted by Gasteiger charge is -2.24. The van der Waals surface area contributed by atoms with Gasteiger partial charge in [-0.2, -0.15) is 0 Å². The van der Waals surface area contributed by atoms with Crippen molar-refractivity contribution in [2.45, 2.75) is 32.9 Å². The van der Waals surface area contributed by atoms with Crippen LogP contribution in [0.25, 0.3) is 0 Å². The Morgan fingerprint density at radius 3 is 2.10 bits per heavy atom. The maximum Gasteiger partial charge on any atom is 0.194 e. The number of likely N-dealkylation sites (N-methyl/N-ethyl adjacent to an activating group) is 1. The Morgan fingerprint density at radius 1 is 1.10 bits per heavy atom. The van der Waals surface area contributed by atoms with E-state index in [4.69, 9.17) is 0 Å². The fourth-order valence-corrected chi connectivity index (χ4v) is 2.20. The second-order valence-electron chi connectivity index (χ2n) is 5.84. The summed E-state index contributed by atoms with van der Waals surface area (Å²) in [7, 11) is 3.96. The Morgan fingerprint density at radius 2 is 1.65 bits per heavy atom. The highest BCUT2D eigenvalue weighted by atomic mass is 19.2.